The van der Waals surface area contributed by atoms with Crippen molar-refractivity contribution in [3.05, 3.63) is 41.3 Å². The Hall–Kier alpha value is -3.36. The van der Waals surface area contributed by atoms with Crippen molar-refractivity contribution in [1.29, 1.82) is 0 Å². The van der Waals surface area contributed by atoms with Gasteiger partial charge in [-0.2, -0.15) is 4.98 Å². The molecule has 3 aromatic rings. The second kappa shape index (κ2) is 7.47. The third kappa shape index (κ3) is 3.20. The maximum Gasteiger partial charge on any atom is 0.257 e. The first kappa shape index (κ1) is 18.7. The number of hydrogen-bond donors (Lipinski definition) is 0. The zero-order chi connectivity index (χ0) is 20.7. The molecule has 4 heterocycles. The van der Waals surface area contributed by atoms with Gasteiger partial charge in [0.25, 0.3) is 11.7 Å². The maximum absolute atomic E-state index is 12.9. The zero-order valence-electron chi connectivity index (χ0n) is 17.2. The first-order chi connectivity index (χ1) is 14.6. The van der Waals surface area contributed by atoms with E-state index in [-0.39, 0.29) is 12.7 Å². The summed E-state index contributed by atoms with van der Waals surface area (Å²) in [6, 6.07) is 7.47. The van der Waals surface area contributed by atoms with E-state index in [1.807, 2.05) is 16.2 Å². The molecule has 0 bridgehead atoms. The molecule has 1 aromatic carbocycles. The first-order valence-corrected chi connectivity index (χ1v) is 10.3. The molecule has 0 aliphatic carbocycles. The van der Waals surface area contributed by atoms with E-state index in [4.69, 9.17) is 14.5 Å². The van der Waals surface area contributed by atoms with Crippen molar-refractivity contribution in [3.8, 4) is 11.5 Å². The standard InChI is InChI=1S/C21H24N6O3/c1-3-4-16-12-19(22-21-24-23-14(2)27(16)21)25-7-9-26(10-8-25)20(28)15-5-6-17-18(11-15)30-13-29-17/h5-6,11-12H,3-4,7-10,13H2,1-2H3. The van der Waals surface area contributed by atoms with Gasteiger partial charge in [-0.3, -0.25) is 9.20 Å². The molecule has 1 saturated heterocycles. The van der Waals surface area contributed by atoms with E-state index in [2.05, 4.69) is 28.1 Å². The van der Waals surface area contributed by atoms with Crippen molar-refractivity contribution in [3.63, 3.8) is 0 Å². The Labute approximate surface area is 174 Å². The highest BCUT2D eigenvalue weighted by Crippen LogP contribution is 2.33. The van der Waals surface area contributed by atoms with E-state index in [0.717, 1.165) is 37.6 Å². The summed E-state index contributed by atoms with van der Waals surface area (Å²) in [6.07, 6.45) is 1.97. The lowest BCUT2D eigenvalue weighted by Gasteiger charge is -2.35. The highest BCUT2D eigenvalue weighted by atomic mass is 16.7. The molecule has 2 aliphatic rings. The molecule has 0 saturated carbocycles. The molecule has 1 amide bonds. The number of hydrogen-bond acceptors (Lipinski definition) is 7. The van der Waals surface area contributed by atoms with Gasteiger partial charge in [0.2, 0.25) is 6.79 Å². The SMILES string of the molecule is CCCc1cc(N2CCN(C(=O)c3ccc4c(c3)OCO4)CC2)nc2nnc(C)n12. The molecule has 1 fully saturated rings. The van der Waals surface area contributed by atoms with Crippen molar-refractivity contribution in [1.82, 2.24) is 24.5 Å². The number of amides is 1. The molecule has 9 nitrogen and oxygen atoms in total. The van der Waals surface area contributed by atoms with Crippen molar-refractivity contribution in [2.45, 2.75) is 26.7 Å². The molecule has 0 spiro atoms. The average Bonchev–Trinajstić information content (AvgIpc) is 3.39. The van der Waals surface area contributed by atoms with Crippen LogP contribution < -0.4 is 14.4 Å². The largest absolute Gasteiger partial charge is 0.454 e. The second-order valence-electron chi connectivity index (χ2n) is 7.59. The summed E-state index contributed by atoms with van der Waals surface area (Å²) in [5.41, 5.74) is 1.79. The quantitative estimate of drug-likeness (QED) is 0.653. The highest BCUT2D eigenvalue weighted by molar-refractivity contribution is 5.95. The van der Waals surface area contributed by atoms with Gasteiger partial charge >= 0.3 is 0 Å². The second-order valence-corrected chi connectivity index (χ2v) is 7.59. The van der Waals surface area contributed by atoms with E-state index >= 15 is 0 Å². The molecule has 2 aromatic heterocycles. The minimum absolute atomic E-state index is 0.0103. The Kier molecular flexibility index (Phi) is 4.65. The van der Waals surface area contributed by atoms with E-state index in [1.54, 1.807) is 18.2 Å². The van der Waals surface area contributed by atoms with Gasteiger partial charge in [0.15, 0.2) is 11.5 Å². The number of aromatic nitrogens is 4. The van der Waals surface area contributed by atoms with Gasteiger partial charge in [0.1, 0.15) is 11.6 Å². The van der Waals surface area contributed by atoms with Crippen LogP contribution in [0.3, 0.4) is 0 Å². The Morgan fingerprint density at radius 2 is 1.87 bits per heavy atom. The predicted octanol–water partition coefficient (Wildman–Crippen LogP) is 2.08. The smallest absolute Gasteiger partial charge is 0.257 e. The summed E-state index contributed by atoms with van der Waals surface area (Å²) < 4.78 is 12.7. The van der Waals surface area contributed by atoms with Crippen molar-refractivity contribution in [2.75, 3.05) is 37.9 Å². The summed E-state index contributed by atoms with van der Waals surface area (Å²) in [7, 11) is 0. The third-order valence-electron chi connectivity index (χ3n) is 5.62. The minimum Gasteiger partial charge on any atom is -0.454 e. The van der Waals surface area contributed by atoms with E-state index in [1.165, 1.54) is 5.69 Å². The summed E-state index contributed by atoms with van der Waals surface area (Å²) in [5, 5.41) is 8.39. The average molecular weight is 408 g/mol. The van der Waals surface area contributed by atoms with Gasteiger partial charge in [-0.25, -0.2) is 0 Å². The Morgan fingerprint density at radius 1 is 1.07 bits per heavy atom. The molecular weight excluding hydrogens is 384 g/mol. The molecule has 30 heavy (non-hydrogen) atoms. The Balaban J connectivity index is 1.31. The molecule has 2 aliphatic heterocycles. The number of carbonyl (C=O) groups excluding carboxylic acids is 1. The predicted molar refractivity (Wildman–Crippen MR) is 110 cm³/mol. The monoisotopic (exact) mass is 408 g/mol. The number of aryl methyl sites for hydroxylation is 2. The fourth-order valence-electron chi connectivity index (χ4n) is 4.06. The minimum atomic E-state index is 0.0103. The number of carbonyl (C=O) groups is 1. The topological polar surface area (TPSA) is 85.1 Å². The number of piperazine rings is 1. The van der Waals surface area contributed by atoms with Crippen LogP contribution in [0, 0.1) is 6.92 Å². The van der Waals surface area contributed by atoms with Crippen LogP contribution in [0.15, 0.2) is 24.3 Å². The van der Waals surface area contributed by atoms with E-state index in [9.17, 15) is 4.79 Å². The molecule has 0 unspecified atom stereocenters. The summed E-state index contributed by atoms with van der Waals surface area (Å²) in [6.45, 7) is 7.02. The van der Waals surface area contributed by atoms with Crippen LogP contribution in [-0.4, -0.2) is 63.4 Å². The highest BCUT2D eigenvalue weighted by Gasteiger charge is 2.25. The Morgan fingerprint density at radius 3 is 2.67 bits per heavy atom. The van der Waals surface area contributed by atoms with E-state index in [0.29, 0.717) is 35.9 Å². The van der Waals surface area contributed by atoms with Gasteiger partial charge in [-0.05, 0) is 31.5 Å². The van der Waals surface area contributed by atoms with Gasteiger partial charge in [-0.15, -0.1) is 10.2 Å². The first-order valence-electron chi connectivity index (χ1n) is 10.3. The number of fused-ring (bicyclic) bond motifs is 2. The van der Waals surface area contributed by atoms with Crippen LogP contribution in [0.25, 0.3) is 5.78 Å². The van der Waals surface area contributed by atoms with Crippen molar-refractivity contribution in [2.24, 2.45) is 0 Å². The van der Waals surface area contributed by atoms with Gasteiger partial charge in [0, 0.05) is 43.5 Å². The molecule has 9 heteroatoms. The number of rotatable bonds is 4. The lowest BCUT2D eigenvalue weighted by atomic mass is 10.1. The molecule has 0 N–H and O–H groups in total. The number of nitrogens with zero attached hydrogens (tertiary/aromatic N) is 6. The lowest BCUT2D eigenvalue weighted by Crippen LogP contribution is -2.49. The fourth-order valence-corrected chi connectivity index (χ4v) is 4.06. The molecular formula is C21H24N6O3. The van der Waals surface area contributed by atoms with Crippen LogP contribution in [0.5, 0.6) is 11.5 Å². The number of benzene rings is 1. The van der Waals surface area contributed by atoms with Crippen LogP contribution >= 0.6 is 0 Å². The van der Waals surface area contributed by atoms with Crippen LogP contribution in [-0.2, 0) is 6.42 Å². The molecule has 0 radical (unpaired) electrons. The van der Waals surface area contributed by atoms with Gasteiger partial charge in [0.05, 0.1) is 0 Å². The maximum atomic E-state index is 12.9. The van der Waals surface area contributed by atoms with Gasteiger partial charge < -0.3 is 19.3 Å². The van der Waals surface area contributed by atoms with Gasteiger partial charge in [-0.1, -0.05) is 13.3 Å². The van der Waals surface area contributed by atoms with E-state index < -0.39 is 0 Å². The summed E-state index contributed by atoms with van der Waals surface area (Å²) in [5.74, 6) is 3.71. The fraction of sp³-hybridized carbons (Fsp3) is 0.429. The van der Waals surface area contributed by atoms with Crippen LogP contribution in [0.4, 0.5) is 5.82 Å². The van der Waals surface area contributed by atoms with Crippen molar-refractivity contribution < 1.29 is 14.3 Å². The summed E-state index contributed by atoms with van der Waals surface area (Å²) >= 11 is 0. The molecule has 5 rings (SSSR count). The molecule has 156 valence electrons. The molecule has 0 atom stereocenters. The third-order valence-corrected chi connectivity index (χ3v) is 5.62. The lowest BCUT2D eigenvalue weighted by molar-refractivity contribution is 0.0746. The number of anilines is 1. The van der Waals surface area contributed by atoms with Crippen molar-refractivity contribution >= 4 is 17.5 Å². The summed E-state index contributed by atoms with van der Waals surface area (Å²) in [4.78, 5) is 21.7. The Bertz CT molecular complexity index is 1100. The van der Waals surface area contributed by atoms with Crippen LogP contribution in [0.2, 0.25) is 0 Å². The van der Waals surface area contributed by atoms with Crippen LogP contribution in [0.1, 0.15) is 35.2 Å². The zero-order valence-corrected chi connectivity index (χ0v) is 17.2. The normalized spacial score (nSPS) is 15.8. The number of ether oxygens (including phenoxy) is 2.